The van der Waals surface area contributed by atoms with Crippen LogP contribution in [0.25, 0.3) is 0 Å². The average molecular weight is 374 g/mol. The van der Waals surface area contributed by atoms with E-state index in [2.05, 4.69) is 10.3 Å². The van der Waals surface area contributed by atoms with Crippen molar-refractivity contribution in [1.82, 2.24) is 14.9 Å². The number of imidazole rings is 1. The molecule has 6 nitrogen and oxygen atoms in total. The number of aryl methyl sites for hydroxylation is 1. The van der Waals surface area contributed by atoms with Gasteiger partial charge in [0.1, 0.15) is 11.9 Å². The van der Waals surface area contributed by atoms with Gasteiger partial charge in [-0.2, -0.15) is 0 Å². The van der Waals surface area contributed by atoms with Crippen molar-refractivity contribution < 1.29 is 9.59 Å². The van der Waals surface area contributed by atoms with Gasteiger partial charge >= 0.3 is 0 Å². The Morgan fingerprint density at radius 3 is 2.64 bits per heavy atom. The molecule has 2 heterocycles. The third kappa shape index (κ3) is 3.53. The van der Waals surface area contributed by atoms with Crippen molar-refractivity contribution in [3.63, 3.8) is 0 Å². The first kappa shape index (κ1) is 18.0. The number of carbonyl (C=O) groups excluding carboxylic acids is 2. The van der Waals surface area contributed by atoms with Crippen molar-refractivity contribution in [2.75, 3.05) is 11.4 Å². The number of aromatic nitrogens is 2. The summed E-state index contributed by atoms with van der Waals surface area (Å²) in [6.07, 6.45) is 4.99. The molecule has 1 saturated heterocycles. The normalized spacial score (nSPS) is 14.9. The number of nitrogens with zero attached hydrogens (tertiary/aromatic N) is 3. The number of anilines is 1. The molecular weight excluding hydrogens is 352 g/mol. The summed E-state index contributed by atoms with van der Waals surface area (Å²) in [7, 11) is 1.91. The molecule has 28 heavy (non-hydrogen) atoms. The highest BCUT2D eigenvalue weighted by atomic mass is 16.2. The van der Waals surface area contributed by atoms with E-state index < -0.39 is 0 Å². The topological polar surface area (TPSA) is 67.2 Å². The fraction of sp³-hybridized carbons (Fsp3) is 0.227. The third-order valence-corrected chi connectivity index (χ3v) is 5.02. The summed E-state index contributed by atoms with van der Waals surface area (Å²) in [6.45, 7) is 0.698. The van der Waals surface area contributed by atoms with Gasteiger partial charge in [0.05, 0.1) is 0 Å². The Hall–Kier alpha value is -3.41. The Bertz CT molecular complexity index is 997. The zero-order chi connectivity index (χ0) is 19.5. The number of hydrogen-bond acceptors (Lipinski definition) is 3. The molecule has 2 aromatic carbocycles. The maximum Gasteiger partial charge on any atom is 0.252 e. The van der Waals surface area contributed by atoms with Crippen LogP contribution in [0.5, 0.6) is 0 Å². The lowest BCUT2D eigenvalue weighted by Gasteiger charge is -2.20. The Kier molecular flexibility index (Phi) is 4.93. The summed E-state index contributed by atoms with van der Waals surface area (Å²) in [4.78, 5) is 31.2. The second kappa shape index (κ2) is 7.68. The predicted octanol–water partition coefficient (Wildman–Crippen LogP) is 3.07. The largest absolute Gasteiger partial charge is 0.338 e. The van der Waals surface area contributed by atoms with Gasteiger partial charge in [-0.25, -0.2) is 4.98 Å². The first-order valence-electron chi connectivity index (χ1n) is 9.37. The van der Waals surface area contributed by atoms with Crippen molar-refractivity contribution in [1.29, 1.82) is 0 Å². The van der Waals surface area contributed by atoms with Crippen LogP contribution in [0.4, 0.5) is 5.69 Å². The zero-order valence-corrected chi connectivity index (χ0v) is 15.7. The van der Waals surface area contributed by atoms with Crippen LogP contribution >= 0.6 is 0 Å². The molecule has 4 rings (SSSR count). The summed E-state index contributed by atoms with van der Waals surface area (Å²) < 4.78 is 1.90. The minimum atomic E-state index is -0.370. The Morgan fingerprint density at radius 2 is 1.96 bits per heavy atom. The zero-order valence-electron chi connectivity index (χ0n) is 15.7. The number of amides is 2. The average Bonchev–Trinajstić information content (AvgIpc) is 3.35. The van der Waals surface area contributed by atoms with Gasteiger partial charge in [-0.05, 0) is 30.2 Å². The minimum Gasteiger partial charge on any atom is -0.338 e. The van der Waals surface area contributed by atoms with E-state index in [9.17, 15) is 9.59 Å². The van der Waals surface area contributed by atoms with Gasteiger partial charge in [-0.3, -0.25) is 9.59 Å². The molecule has 0 aliphatic carbocycles. The summed E-state index contributed by atoms with van der Waals surface area (Å²) >= 11 is 0. The lowest BCUT2D eigenvalue weighted by Crippen LogP contribution is -2.31. The van der Waals surface area contributed by atoms with Crippen molar-refractivity contribution >= 4 is 17.5 Å². The smallest absolute Gasteiger partial charge is 0.252 e. The van der Waals surface area contributed by atoms with Crippen LogP contribution in [0, 0.1) is 0 Å². The summed E-state index contributed by atoms with van der Waals surface area (Å²) in [5, 5.41) is 3.10. The molecule has 1 fully saturated rings. The first-order valence-corrected chi connectivity index (χ1v) is 9.37. The number of rotatable bonds is 5. The lowest BCUT2D eigenvalue weighted by molar-refractivity contribution is -0.117. The number of carbonyl (C=O) groups is 2. The molecule has 1 atom stereocenters. The van der Waals surface area contributed by atoms with Gasteiger partial charge in [0.15, 0.2) is 0 Å². The molecule has 3 aromatic rings. The van der Waals surface area contributed by atoms with Gasteiger partial charge in [0.2, 0.25) is 5.91 Å². The highest BCUT2D eigenvalue weighted by Gasteiger charge is 2.24. The second-order valence-corrected chi connectivity index (χ2v) is 6.91. The monoisotopic (exact) mass is 374 g/mol. The minimum absolute atomic E-state index is 0.104. The van der Waals surface area contributed by atoms with Crippen LogP contribution in [-0.4, -0.2) is 27.9 Å². The first-order chi connectivity index (χ1) is 13.6. The molecule has 0 saturated carbocycles. The maximum absolute atomic E-state index is 13.0. The molecule has 1 aliphatic heterocycles. The quantitative estimate of drug-likeness (QED) is 0.746. The lowest BCUT2D eigenvalue weighted by atomic mass is 10.1. The molecule has 6 heteroatoms. The molecule has 1 aliphatic rings. The second-order valence-electron chi connectivity index (χ2n) is 6.91. The van der Waals surface area contributed by atoms with Gasteiger partial charge in [0.25, 0.3) is 5.91 Å². The van der Waals surface area contributed by atoms with Crippen LogP contribution in [-0.2, 0) is 11.8 Å². The Labute approximate surface area is 163 Å². The molecule has 0 spiro atoms. The van der Waals surface area contributed by atoms with E-state index in [0.717, 1.165) is 23.5 Å². The van der Waals surface area contributed by atoms with E-state index in [-0.39, 0.29) is 17.9 Å². The van der Waals surface area contributed by atoms with E-state index in [1.165, 1.54) is 0 Å². The van der Waals surface area contributed by atoms with Crippen LogP contribution in [0.3, 0.4) is 0 Å². The van der Waals surface area contributed by atoms with Gasteiger partial charge < -0.3 is 14.8 Å². The van der Waals surface area contributed by atoms with Gasteiger partial charge in [0, 0.05) is 43.7 Å². The van der Waals surface area contributed by atoms with E-state index in [4.69, 9.17) is 0 Å². The summed E-state index contributed by atoms with van der Waals surface area (Å²) in [5.74, 6) is 0.656. The van der Waals surface area contributed by atoms with Gasteiger partial charge in [-0.15, -0.1) is 0 Å². The predicted molar refractivity (Wildman–Crippen MR) is 107 cm³/mol. The SMILES string of the molecule is Cn1ccnc1[C@H](NC(=O)c1cccc(N2CCCC2=O)c1)c1ccccc1. The van der Waals surface area contributed by atoms with Crippen molar-refractivity contribution in [3.05, 3.63) is 83.9 Å². The fourth-order valence-corrected chi connectivity index (χ4v) is 3.55. The molecule has 142 valence electrons. The van der Waals surface area contributed by atoms with Crippen LogP contribution < -0.4 is 10.2 Å². The third-order valence-electron chi connectivity index (χ3n) is 5.02. The van der Waals surface area contributed by atoms with Gasteiger partial charge in [-0.1, -0.05) is 36.4 Å². The molecule has 0 radical (unpaired) electrons. The van der Waals surface area contributed by atoms with Crippen LogP contribution in [0.15, 0.2) is 67.0 Å². The molecule has 1 aromatic heterocycles. The standard InChI is InChI=1S/C22H22N4O2/c1-25-14-12-23-21(25)20(16-7-3-2-4-8-16)24-22(28)17-9-5-10-18(15-17)26-13-6-11-19(26)27/h2-5,7-10,12,14-15,20H,6,11,13H2,1H3,(H,24,28)/t20-/m1/s1. The van der Waals surface area contributed by atoms with E-state index in [0.29, 0.717) is 18.5 Å². The highest BCUT2D eigenvalue weighted by molar-refractivity contribution is 5.99. The molecular formula is C22H22N4O2. The summed E-state index contributed by atoms with van der Waals surface area (Å²) in [5.41, 5.74) is 2.24. The fourth-order valence-electron chi connectivity index (χ4n) is 3.55. The maximum atomic E-state index is 13.0. The molecule has 2 amide bonds. The van der Waals surface area contributed by atoms with Crippen molar-refractivity contribution in [2.24, 2.45) is 7.05 Å². The van der Waals surface area contributed by atoms with E-state index in [1.807, 2.05) is 60.3 Å². The number of hydrogen-bond donors (Lipinski definition) is 1. The summed E-state index contributed by atoms with van der Waals surface area (Å²) in [6, 6.07) is 16.6. The Balaban J connectivity index is 1.62. The number of benzene rings is 2. The van der Waals surface area contributed by atoms with E-state index in [1.54, 1.807) is 23.2 Å². The van der Waals surface area contributed by atoms with E-state index >= 15 is 0 Å². The van der Waals surface area contributed by atoms with Crippen molar-refractivity contribution in [3.8, 4) is 0 Å². The number of nitrogens with one attached hydrogen (secondary N) is 1. The Morgan fingerprint density at radius 1 is 1.14 bits per heavy atom. The van der Waals surface area contributed by atoms with Crippen molar-refractivity contribution in [2.45, 2.75) is 18.9 Å². The van der Waals surface area contributed by atoms with Crippen LogP contribution in [0.1, 0.15) is 40.6 Å². The molecule has 0 unspecified atom stereocenters. The van der Waals surface area contributed by atoms with Crippen LogP contribution in [0.2, 0.25) is 0 Å². The molecule has 1 N–H and O–H groups in total. The molecule has 0 bridgehead atoms. The highest BCUT2D eigenvalue weighted by Crippen LogP contribution is 2.24.